The van der Waals surface area contributed by atoms with Crippen molar-refractivity contribution in [3.63, 3.8) is 0 Å². The molecule has 2 aromatic rings. The number of aromatic nitrogens is 3. The van der Waals surface area contributed by atoms with Crippen molar-refractivity contribution in [3.05, 3.63) is 41.9 Å². The first-order valence-corrected chi connectivity index (χ1v) is 8.97. The zero-order chi connectivity index (χ0) is 18.0. The van der Waals surface area contributed by atoms with Crippen LogP contribution in [0.15, 0.2) is 30.6 Å². The van der Waals surface area contributed by atoms with Crippen molar-refractivity contribution in [1.29, 1.82) is 5.26 Å². The number of rotatable bonds is 3. The van der Waals surface area contributed by atoms with Gasteiger partial charge in [-0.15, -0.1) is 0 Å². The van der Waals surface area contributed by atoms with Crippen molar-refractivity contribution in [2.75, 3.05) is 29.9 Å². The van der Waals surface area contributed by atoms with E-state index in [0.29, 0.717) is 12.3 Å². The van der Waals surface area contributed by atoms with Gasteiger partial charge in [0.15, 0.2) is 0 Å². The number of piperidine rings is 1. The molecule has 2 aliphatic heterocycles. The summed E-state index contributed by atoms with van der Waals surface area (Å²) in [5.74, 6) is 1.50. The Morgan fingerprint density at radius 2 is 2.19 bits per heavy atom. The first-order valence-electron chi connectivity index (χ1n) is 8.97. The summed E-state index contributed by atoms with van der Waals surface area (Å²) < 4.78 is 6.25. The third kappa shape index (κ3) is 3.46. The average Bonchev–Trinajstić information content (AvgIpc) is 3.04. The molecule has 1 spiro atoms. The summed E-state index contributed by atoms with van der Waals surface area (Å²) in [5.41, 5.74) is 1.31. The molecule has 0 aliphatic carbocycles. The number of ether oxygens (including phenoxy) is 1. The SMILES string of the molecule is Cc1cnc(N2CCCC3(CC(Nc4cccc(C#N)n4)CO3)C2)nc1. The highest BCUT2D eigenvalue weighted by atomic mass is 16.5. The summed E-state index contributed by atoms with van der Waals surface area (Å²) in [6.07, 6.45) is 6.73. The lowest BCUT2D eigenvalue weighted by molar-refractivity contribution is -0.00668. The highest BCUT2D eigenvalue weighted by molar-refractivity contribution is 5.40. The molecule has 4 rings (SSSR count). The zero-order valence-corrected chi connectivity index (χ0v) is 14.9. The molecule has 26 heavy (non-hydrogen) atoms. The largest absolute Gasteiger partial charge is 0.371 e. The molecule has 7 nitrogen and oxygen atoms in total. The van der Waals surface area contributed by atoms with Crippen molar-refractivity contribution >= 4 is 11.8 Å². The molecule has 0 aromatic carbocycles. The normalized spacial score (nSPS) is 25.2. The van der Waals surface area contributed by atoms with Crippen molar-refractivity contribution in [1.82, 2.24) is 15.0 Å². The lowest BCUT2D eigenvalue weighted by Gasteiger charge is -2.39. The van der Waals surface area contributed by atoms with Crippen LogP contribution in [0.4, 0.5) is 11.8 Å². The van der Waals surface area contributed by atoms with E-state index in [1.54, 1.807) is 6.07 Å². The number of nitrogens with zero attached hydrogens (tertiary/aromatic N) is 5. The van der Waals surface area contributed by atoms with Gasteiger partial charge in [0.2, 0.25) is 5.95 Å². The van der Waals surface area contributed by atoms with Crippen LogP contribution in [0.25, 0.3) is 0 Å². The fourth-order valence-electron chi connectivity index (χ4n) is 3.83. The maximum Gasteiger partial charge on any atom is 0.225 e. The summed E-state index contributed by atoms with van der Waals surface area (Å²) in [6.45, 7) is 4.40. The second-order valence-electron chi connectivity index (χ2n) is 7.14. The number of nitriles is 1. The lowest BCUT2D eigenvalue weighted by Crippen LogP contribution is -2.48. The molecule has 2 saturated heterocycles. The van der Waals surface area contributed by atoms with E-state index < -0.39 is 0 Å². The van der Waals surface area contributed by atoms with Gasteiger partial charge in [0, 0.05) is 31.9 Å². The third-order valence-electron chi connectivity index (χ3n) is 5.01. The molecule has 0 radical (unpaired) electrons. The maximum atomic E-state index is 8.99. The summed E-state index contributed by atoms with van der Waals surface area (Å²) >= 11 is 0. The Bertz CT molecular complexity index is 818. The van der Waals surface area contributed by atoms with Crippen LogP contribution in [-0.4, -0.2) is 46.3 Å². The molecule has 134 valence electrons. The van der Waals surface area contributed by atoms with E-state index in [-0.39, 0.29) is 11.6 Å². The smallest absolute Gasteiger partial charge is 0.225 e. The minimum Gasteiger partial charge on any atom is -0.371 e. The summed E-state index contributed by atoms with van der Waals surface area (Å²) in [7, 11) is 0. The van der Waals surface area contributed by atoms with E-state index in [0.717, 1.165) is 49.7 Å². The van der Waals surface area contributed by atoms with Crippen LogP contribution in [0.3, 0.4) is 0 Å². The molecule has 0 bridgehead atoms. The summed E-state index contributed by atoms with van der Waals surface area (Å²) in [4.78, 5) is 15.5. The van der Waals surface area contributed by atoms with Gasteiger partial charge in [0.05, 0.1) is 18.2 Å². The van der Waals surface area contributed by atoms with Crippen LogP contribution in [-0.2, 0) is 4.74 Å². The Balaban J connectivity index is 1.43. The number of aryl methyl sites for hydroxylation is 1. The van der Waals surface area contributed by atoms with Gasteiger partial charge in [-0.25, -0.2) is 15.0 Å². The first-order chi connectivity index (χ1) is 12.7. The molecule has 4 heterocycles. The second-order valence-corrected chi connectivity index (χ2v) is 7.14. The van der Waals surface area contributed by atoms with E-state index in [2.05, 4.69) is 31.2 Å². The molecular formula is C19H22N6O. The van der Waals surface area contributed by atoms with Gasteiger partial charge in [-0.2, -0.15) is 5.26 Å². The fraction of sp³-hybridized carbons (Fsp3) is 0.474. The minimum atomic E-state index is -0.170. The molecule has 2 atom stereocenters. The molecule has 2 fully saturated rings. The number of anilines is 2. The standard InChI is InChI=1S/C19H22N6O/c1-14-10-21-18(22-11-14)25-7-3-6-19(13-25)8-16(12-26-19)24-17-5-2-4-15(9-20)23-17/h2,4-5,10-11,16H,3,6-8,12-13H2,1H3,(H,23,24). The van der Waals surface area contributed by atoms with Gasteiger partial charge in [0.25, 0.3) is 0 Å². The van der Waals surface area contributed by atoms with Crippen molar-refractivity contribution in [2.24, 2.45) is 0 Å². The van der Waals surface area contributed by atoms with E-state index in [1.807, 2.05) is 31.5 Å². The van der Waals surface area contributed by atoms with Gasteiger partial charge >= 0.3 is 0 Å². The molecule has 0 amide bonds. The quantitative estimate of drug-likeness (QED) is 0.909. The van der Waals surface area contributed by atoms with Crippen molar-refractivity contribution in [2.45, 2.75) is 37.8 Å². The van der Waals surface area contributed by atoms with Gasteiger partial charge in [-0.1, -0.05) is 6.07 Å². The van der Waals surface area contributed by atoms with Crippen LogP contribution in [0.2, 0.25) is 0 Å². The Morgan fingerprint density at radius 1 is 1.35 bits per heavy atom. The fourth-order valence-corrected chi connectivity index (χ4v) is 3.83. The average molecular weight is 350 g/mol. The number of hydrogen-bond donors (Lipinski definition) is 1. The minimum absolute atomic E-state index is 0.170. The van der Waals surface area contributed by atoms with Crippen LogP contribution in [0, 0.1) is 18.3 Å². The Labute approximate surface area is 153 Å². The molecule has 2 aliphatic rings. The van der Waals surface area contributed by atoms with Crippen LogP contribution in [0.1, 0.15) is 30.5 Å². The molecule has 7 heteroatoms. The number of hydrogen-bond acceptors (Lipinski definition) is 7. The van der Waals surface area contributed by atoms with Crippen molar-refractivity contribution in [3.8, 4) is 6.07 Å². The Hall–Kier alpha value is -2.72. The molecule has 0 saturated carbocycles. The monoisotopic (exact) mass is 350 g/mol. The van der Waals surface area contributed by atoms with Gasteiger partial charge in [0.1, 0.15) is 17.6 Å². The summed E-state index contributed by atoms with van der Waals surface area (Å²) in [5, 5.41) is 12.4. The van der Waals surface area contributed by atoms with Gasteiger partial charge in [-0.05, 0) is 37.5 Å². The van der Waals surface area contributed by atoms with Gasteiger partial charge in [-0.3, -0.25) is 0 Å². The highest BCUT2D eigenvalue weighted by Gasteiger charge is 2.44. The molecule has 2 unspecified atom stereocenters. The predicted octanol–water partition coefficient (Wildman–Crippen LogP) is 2.29. The zero-order valence-electron chi connectivity index (χ0n) is 14.9. The molecule has 1 N–H and O–H groups in total. The second kappa shape index (κ2) is 6.89. The maximum absolute atomic E-state index is 8.99. The number of nitrogens with one attached hydrogen (secondary N) is 1. The lowest BCUT2D eigenvalue weighted by atomic mass is 9.89. The predicted molar refractivity (Wildman–Crippen MR) is 97.9 cm³/mol. The number of pyridine rings is 1. The van der Waals surface area contributed by atoms with Crippen LogP contribution < -0.4 is 10.2 Å². The van der Waals surface area contributed by atoms with E-state index in [1.165, 1.54) is 0 Å². The van der Waals surface area contributed by atoms with Crippen LogP contribution in [0.5, 0.6) is 0 Å². The Kier molecular flexibility index (Phi) is 4.43. The molecular weight excluding hydrogens is 328 g/mol. The van der Waals surface area contributed by atoms with Gasteiger partial charge < -0.3 is 15.0 Å². The van der Waals surface area contributed by atoms with Crippen molar-refractivity contribution < 1.29 is 4.74 Å². The first kappa shape index (κ1) is 16.7. The highest BCUT2D eigenvalue weighted by Crippen LogP contribution is 2.36. The van der Waals surface area contributed by atoms with Crippen LogP contribution >= 0.6 is 0 Å². The van der Waals surface area contributed by atoms with E-state index >= 15 is 0 Å². The van der Waals surface area contributed by atoms with E-state index in [4.69, 9.17) is 10.00 Å². The molecule has 2 aromatic heterocycles. The Morgan fingerprint density at radius 3 is 3.00 bits per heavy atom. The van der Waals surface area contributed by atoms with E-state index in [9.17, 15) is 0 Å². The third-order valence-corrected chi connectivity index (χ3v) is 5.01. The summed E-state index contributed by atoms with van der Waals surface area (Å²) in [6, 6.07) is 7.70. The topological polar surface area (TPSA) is 87.0 Å².